The highest BCUT2D eigenvalue weighted by Crippen LogP contribution is 2.23. The smallest absolute Gasteiger partial charge is 0.143 e. The molecule has 0 rings (SSSR count). The van der Waals surface area contributed by atoms with Crippen LogP contribution in [0.25, 0.3) is 0 Å². The average Bonchev–Trinajstić information content (AvgIpc) is 2.11. The molecule has 13 heavy (non-hydrogen) atoms. The second-order valence-corrected chi connectivity index (χ2v) is 6.03. The monoisotopic (exact) mass is 217 g/mol. The molecule has 0 aliphatic carbocycles. The number of carbonyl (C=O) groups excluding carboxylic acids is 1. The highest BCUT2D eigenvalue weighted by molar-refractivity contribution is 8.76. The minimum absolute atomic E-state index is 0.239. The first kappa shape index (κ1) is 12.9. The van der Waals surface area contributed by atoms with Crippen LogP contribution in [-0.4, -0.2) is 17.8 Å². The van der Waals surface area contributed by atoms with Gasteiger partial charge in [0.2, 0.25) is 0 Å². The molecule has 0 aliphatic rings. The molecule has 0 atom stereocenters. The van der Waals surface area contributed by atoms with Crippen molar-refractivity contribution in [2.75, 3.05) is 12.0 Å². The topological polar surface area (TPSA) is 40.9 Å². The first-order chi connectivity index (χ1) is 6.02. The molecule has 0 saturated heterocycles. The molecular weight excluding hydrogens is 202 g/mol. The van der Waals surface area contributed by atoms with Crippen LogP contribution in [0.2, 0.25) is 0 Å². The Morgan fingerprint density at radius 3 is 2.62 bits per heavy atom. The molecule has 2 nitrogen and oxygen atoms in total. The zero-order valence-corrected chi connectivity index (χ0v) is 9.93. The molecule has 0 bridgehead atoms. The number of nitrogens with zero attached hydrogens (tertiary/aromatic N) is 1. The van der Waals surface area contributed by atoms with E-state index >= 15 is 0 Å². The van der Waals surface area contributed by atoms with Crippen LogP contribution in [0, 0.1) is 16.7 Å². The van der Waals surface area contributed by atoms with E-state index in [9.17, 15) is 4.79 Å². The Hall–Kier alpha value is -0.140. The van der Waals surface area contributed by atoms with Crippen molar-refractivity contribution in [3.63, 3.8) is 0 Å². The number of carbonyl (C=O) groups is 1. The van der Waals surface area contributed by atoms with Gasteiger partial charge in [0.25, 0.3) is 0 Å². The number of Topliss-reactive ketones (excluding diaryl/α,β-unsaturated/α-hetero) is 1. The molecule has 0 aliphatic heterocycles. The van der Waals surface area contributed by atoms with E-state index in [2.05, 4.69) is 6.07 Å². The fraction of sp³-hybridized carbons (Fsp3) is 0.778. The maximum Gasteiger partial charge on any atom is 0.143 e. The molecule has 0 radical (unpaired) electrons. The minimum atomic E-state index is -0.361. The van der Waals surface area contributed by atoms with E-state index in [1.807, 2.05) is 20.1 Å². The van der Waals surface area contributed by atoms with Crippen molar-refractivity contribution < 1.29 is 4.79 Å². The maximum absolute atomic E-state index is 11.2. The van der Waals surface area contributed by atoms with Gasteiger partial charge in [0.05, 0.1) is 17.2 Å². The Balaban J connectivity index is 3.65. The lowest BCUT2D eigenvalue weighted by molar-refractivity contribution is -0.116. The molecule has 0 aromatic rings. The van der Waals surface area contributed by atoms with Gasteiger partial charge < -0.3 is 0 Å². The van der Waals surface area contributed by atoms with E-state index in [0.29, 0.717) is 18.6 Å². The van der Waals surface area contributed by atoms with Crippen molar-refractivity contribution in [3.05, 3.63) is 0 Å². The van der Waals surface area contributed by atoms with Gasteiger partial charge in [-0.15, -0.1) is 0 Å². The van der Waals surface area contributed by atoms with E-state index in [0.717, 1.165) is 0 Å². The highest BCUT2D eigenvalue weighted by Gasteiger charge is 2.17. The first-order valence-corrected chi connectivity index (χ1v) is 6.83. The molecule has 0 aromatic carbocycles. The Kier molecular flexibility index (Phi) is 6.27. The van der Waals surface area contributed by atoms with E-state index in [1.165, 1.54) is 0 Å². The van der Waals surface area contributed by atoms with Gasteiger partial charge in [0.15, 0.2) is 0 Å². The number of nitriles is 1. The number of hydrogen-bond donors (Lipinski definition) is 0. The lowest BCUT2D eigenvalue weighted by atomic mass is 9.89. The van der Waals surface area contributed by atoms with Crippen LogP contribution in [-0.2, 0) is 4.79 Å². The largest absolute Gasteiger partial charge is 0.299 e. The summed E-state index contributed by atoms with van der Waals surface area (Å²) in [5, 5.41) is 8.71. The molecule has 0 fully saturated rings. The average molecular weight is 217 g/mol. The van der Waals surface area contributed by atoms with Crippen molar-refractivity contribution in [3.8, 4) is 6.07 Å². The van der Waals surface area contributed by atoms with Gasteiger partial charge in [0, 0.05) is 6.42 Å². The Bertz CT molecular complexity index is 208. The molecule has 0 amide bonds. The van der Waals surface area contributed by atoms with Crippen LogP contribution in [0.3, 0.4) is 0 Å². The Morgan fingerprint density at radius 2 is 2.15 bits per heavy atom. The summed E-state index contributed by atoms with van der Waals surface area (Å²) in [6.45, 7) is 3.73. The van der Waals surface area contributed by atoms with Crippen LogP contribution in [0.5, 0.6) is 0 Å². The molecule has 4 heteroatoms. The molecule has 0 spiro atoms. The van der Waals surface area contributed by atoms with Gasteiger partial charge in [-0.3, -0.25) is 4.79 Å². The maximum atomic E-state index is 11.2. The van der Waals surface area contributed by atoms with Gasteiger partial charge >= 0.3 is 0 Å². The molecule has 0 heterocycles. The molecule has 0 N–H and O–H groups in total. The summed E-state index contributed by atoms with van der Waals surface area (Å²) in [5.41, 5.74) is -0.361. The fourth-order valence-corrected chi connectivity index (χ4v) is 1.85. The number of rotatable bonds is 6. The summed E-state index contributed by atoms with van der Waals surface area (Å²) >= 11 is 0. The zero-order valence-electron chi connectivity index (χ0n) is 8.29. The van der Waals surface area contributed by atoms with Crippen molar-refractivity contribution >= 4 is 27.4 Å². The van der Waals surface area contributed by atoms with Crippen LogP contribution in [0.4, 0.5) is 0 Å². The van der Waals surface area contributed by atoms with Crippen molar-refractivity contribution in [2.24, 2.45) is 5.41 Å². The third-order valence-electron chi connectivity index (χ3n) is 1.67. The third-order valence-corrected chi connectivity index (χ3v) is 3.41. The van der Waals surface area contributed by atoms with Crippen molar-refractivity contribution in [2.45, 2.75) is 26.7 Å². The summed E-state index contributed by atoms with van der Waals surface area (Å²) in [5.74, 6) is 0.797. The van der Waals surface area contributed by atoms with Crippen molar-refractivity contribution in [1.29, 1.82) is 5.26 Å². The summed E-state index contributed by atoms with van der Waals surface area (Å²) in [6, 6.07) is 2.19. The van der Waals surface area contributed by atoms with Gasteiger partial charge in [-0.2, -0.15) is 5.26 Å². The molecular formula is C9H15NOS2. The highest BCUT2D eigenvalue weighted by atomic mass is 33.1. The predicted octanol–water partition coefficient (Wildman–Crippen LogP) is 2.90. The van der Waals surface area contributed by atoms with E-state index in [-0.39, 0.29) is 11.2 Å². The summed E-state index contributed by atoms with van der Waals surface area (Å²) in [4.78, 5) is 11.2. The third kappa shape index (κ3) is 6.97. The second-order valence-electron chi connectivity index (χ2n) is 3.46. The SMILES string of the molecule is CSSCC(=O)CCC(C)(C)C#N. The van der Waals surface area contributed by atoms with Gasteiger partial charge in [0.1, 0.15) is 5.78 Å². The van der Waals surface area contributed by atoms with E-state index in [4.69, 9.17) is 5.26 Å². The lowest BCUT2D eigenvalue weighted by Crippen LogP contribution is -2.11. The van der Waals surface area contributed by atoms with Gasteiger partial charge in [-0.05, 0) is 26.5 Å². The van der Waals surface area contributed by atoms with Crippen LogP contribution in [0.15, 0.2) is 0 Å². The zero-order chi connectivity index (χ0) is 10.3. The van der Waals surface area contributed by atoms with E-state index in [1.54, 1.807) is 21.6 Å². The molecule has 0 unspecified atom stereocenters. The van der Waals surface area contributed by atoms with Crippen LogP contribution in [0.1, 0.15) is 26.7 Å². The summed E-state index contributed by atoms with van der Waals surface area (Å²) in [7, 11) is 3.16. The molecule has 0 aromatic heterocycles. The number of hydrogen-bond acceptors (Lipinski definition) is 4. The Morgan fingerprint density at radius 1 is 1.54 bits per heavy atom. The minimum Gasteiger partial charge on any atom is -0.299 e. The normalized spacial score (nSPS) is 10.9. The summed E-state index contributed by atoms with van der Waals surface area (Å²) < 4.78 is 0. The first-order valence-electron chi connectivity index (χ1n) is 4.10. The standard InChI is InChI=1S/C9H15NOS2/c1-9(2,7-10)5-4-8(11)6-13-12-3/h4-6H2,1-3H3. The second kappa shape index (κ2) is 6.33. The van der Waals surface area contributed by atoms with Gasteiger partial charge in [-0.25, -0.2) is 0 Å². The van der Waals surface area contributed by atoms with E-state index < -0.39 is 0 Å². The van der Waals surface area contributed by atoms with Gasteiger partial charge in [-0.1, -0.05) is 21.6 Å². The quantitative estimate of drug-likeness (QED) is 0.641. The fourth-order valence-electron chi connectivity index (χ4n) is 0.705. The lowest BCUT2D eigenvalue weighted by Gasteiger charge is -2.13. The van der Waals surface area contributed by atoms with Crippen molar-refractivity contribution in [1.82, 2.24) is 0 Å². The summed E-state index contributed by atoms with van der Waals surface area (Å²) in [6.07, 6.45) is 3.14. The van der Waals surface area contributed by atoms with Crippen LogP contribution < -0.4 is 0 Å². The number of ketones is 1. The molecule has 74 valence electrons. The predicted molar refractivity (Wildman–Crippen MR) is 59.6 cm³/mol. The Labute approximate surface area is 87.9 Å². The van der Waals surface area contributed by atoms with Crippen LogP contribution >= 0.6 is 21.6 Å². The molecule has 0 saturated carbocycles.